The molecule has 2 saturated heterocycles. The highest BCUT2D eigenvalue weighted by molar-refractivity contribution is 8.01. The summed E-state index contributed by atoms with van der Waals surface area (Å²) in [4.78, 5) is 25.9. The van der Waals surface area contributed by atoms with E-state index < -0.39 is 4.75 Å². The van der Waals surface area contributed by atoms with Crippen LogP contribution in [0.1, 0.15) is 26.7 Å². The first-order valence-electron chi connectivity index (χ1n) is 6.39. The molecule has 0 aliphatic carbocycles. The molecular formula is C12H21N3O2S. The van der Waals surface area contributed by atoms with Crippen LogP contribution in [0.25, 0.3) is 0 Å². The summed E-state index contributed by atoms with van der Waals surface area (Å²) in [5.41, 5.74) is 5.82. The van der Waals surface area contributed by atoms with Gasteiger partial charge in [-0.1, -0.05) is 0 Å². The standard InChI is InChI=1S/C12H21N3O2S/c1-12(2)11(17)14-9(7-18-12)10(16)15-5-3-8(13)4-6-15/h8-9H,3-7,13H2,1-2H3,(H,14,17). The molecule has 0 aromatic rings. The first-order valence-corrected chi connectivity index (χ1v) is 7.38. The topological polar surface area (TPSA) is 75.4 Å². The van der Waals surface area contributed by atoms with E-state index in [-0.39, 0.29) is 23.9 Å². The normalized spacial score (nSPS) is 28.9. The molecule has 1 unspecified atom stereocenters. The van der Waals surface area contributed by atoms with E-state index in [4.69, 9.17) is 5.73 Å². The van der Waals surface area contributed by atoms with Crippen molar-refractivity contribution < 1.29 is 9.59 Å². The van der Waals surface area contributed by atoms with E-state index in [0.717, 1.165) is 12.8 Å². The number of amides is 2. The summed E-state index contributed by atoms with van der Waals surface area (Å²) in [5.74, 6) is 0.643. The van der Waals surface area contributed by atoms with Crippen LogP contribution in [0.5, 0.6) is 0 Å². The van der Waals surface area contributed by atoms with Gasteiger partial charge in [0.05, 0.1) is 4.75 Å². The smallest absolute Gasteiger partial charge is 0.246 e. The van der Waals surface area contributed by atoms with Gasteiger partial charge in [-0.05, 0) is 26.7 Å². The minimum atomic E-state index is -0.430. The lowest BCUT2D eigenvalue weighted by atomic mass is 10.1. The van der Waals surface area contributed by atoms with Crippen molar-refractivity contribution in [3.8, 4) is 0 Å². The fourth-order valence-corrected chi connectivity index (χ4v) is 3.20. The van der Waals surface area contributed by atoms with Crippen LogP contribution < -0.4 is 11.1 Å². The SMILES string of the molecule is CC1(C)SCC(C(=O)N2CCC(N)CC2)NC1=O. The highest BCUT2D eigenvalue weighted by Gasteiger charge is 2.39. The van der Waals surface area contributed by atoms with Crippen molar-refractivity contribution in [2.24, 2.45) is 5.73 Å². The maximum Gasteiger partial charge on any atom is 0.246 e. The zero-order valence-corrected chi connectivity index (χ0v) is 11.8. The van der Waals surface area contributed by atoms with Gasteiger partial charge in [0.2, 0.25) is 11.8 Å². The molecule has 6 heteroatoms. The summed E-state index contributed by atoms with van der Waals surface area (Å²) in [7, 11) is 0. The van der Waals surface area contributed by atoms with Gasteiger partial charge in [-0.3, -0.25) is 9.59 Å². The summed E-state index contributed by atoms with van der Waals surface area (Å²) < 4.78 is -0.430. The highest BCUT2D eigenvalue weighted by Crippen LogP contribution is 2.29. The quantitative estimate of drug-likeness (QED) is 0.701. The minimum absolute atomic E-state index is 0.0400. The van der Waals surface area contributed by atoms with Gasteiger partial charge >= 0.3 is 0 Å². The van der Waals surface area contributed by atoms with Gasteiger partial charge in [0.15, 0.2) is 0 Å². The zero-order valence-electron chi connectivity index (χ0n) is 10.9. The monoisotopic (exact) mass is 271 g/mol. The van der Waals surface area contributed by atoms with Gasteiger partial charge in [0.25, 0.3) is 0 Å². The lowest BCUT2D eigenvalue weighted by Gasteiger charge is -2.37. The van der Waals surface area contributed by atoms with Crippen LogP contribution in [0.3, 0.4) is 0 Å². The van der Waals surface area contributed by atoms with Gasteiger partial charge in [-0.25, -0.2) is 0 Å². The molecule has 2 aliphatic rings. The molecule has 1 atom stereocenters. The minimum Gasteiger partial charge on any atom is -0.342 e. The third-order valence-corrected chi connectivity index (χ3v) is 5.02. The van der Waals surface area contributed by atoms with Crippen LogP contribution in [0, 0.1) is 0 Å². The van der Waals surface area contributed by atoms with E-state index in [1.54, 1.807) is 11.8 Å². The number of nitrogens with zero attached hydrogens (tertiary/aromatic N) is 1. The van der Waals surface area contributed by atoms with Gasteiger partial charge < -0.3 is 16.0 Å². The van der Waals surface area contributed by atoms with Crippen molar-refractivity contribution in [1.82, 2.24) is 10.2 Å². The molecule has 0 radical (unpaired) electrons. The van der Waals surface area contributed by atoms with Crippen LogP contribution in [0.2, 0.25) is 0 Å². The van der Waals surface area contributed by atoms with Crippen molar-refractivity contribution in [3.05, 3.63) is 0 Å². The number of likely N-dealkylation sites (tertiary alicyclic amines) is 1. The number of rotatable bonds is 1. The summed E-state index contributed by atoms with van der Waals surface area (Å²) in [6.07, 6.45) is 1.70. The second-order valence-electron chi connectivity index (χ2n) is 5.51. The van der Waals surface area contributed by atoms with Crippen molar-refractivity contribution in [2.75, 3.05) is 18.8 Å². The molecule has 0 spiro atoms. The average molecular weight is 271 g/mol. The third-order valence-electron chi connectivity index (χ3n) is 3.61. The van der Waals surface area contributed by atoms with Crippen LogP contribution in [0.15, 0.2) is 0 Å². The van der Waals surface area contributed by atoms with E-state index in [1.807, 2.05) is 18.7 Å². The maximum absolute atomic E-state index is 12.3. The van der Waals surface area contributed by atoms with Crippen molar-refractivity contribution in [3.63, 3.8) is 0 Å². The lowest BCUT2D eigenvalue weighted by molar-refractivity contribution is -0.137. The molecule has 3 N–H and O–H groups in total. The first-order chi connectivity index (χ1) is 8.40. The highest BCUT2D eigenvalue weighted by atomic mass is 32.2. The van der Waals surface area contributed by atoms with Gasteiger partial charge in [0.1, 0.15) is 6.04 Å². The molecule has 0 bridgehead atoms. The Hall–Kier alpha value is -0.750. The largest absolute Gasteiger partial charge is 0.342 e. The van der Waals surface area contributed by atoms with Crippen LogP contribution in [-0.2, 0) is 9.59 Å². The van der Waals surface area contributed by atoms with Crippen molar-refractivity contribution in [2.45, 2.75) is 43.5 Å². The molecule has 2 fully saturated rings. The fraction of sp³-hybridized carbons (Fsp3) is 0.833. The Kier molecular flexibility index (Phi) is 3.87. The predicted octanol–water partition coefficient (Wildman–Crippen LogP) is -0.0537. The fourth-order valence-electron chi connectivity index (χ4n) is 2.20. The Labute approximate surface area is 112 Å². The van der Waals surface area contributed by atoms with E-state index >= 15 is 0 Å². The Bertz CT molecular complexity index is 351. The van der Waals surface area contributed by atoms with E-state index in [9.17, 15) is 9.59 Å². The van der Waals surface area contributed by atoms with Crippen molar-refractivity contribution in [1.29, 1.82) is 0 Å². The second-order valence-corrected chi connectivity index (χ2v) is 7.15. The van der Waals surface area contributed by atoms with E-state index in [1.165, 1.54) is 0 Å². The second kappa shape index (κ2) is 5.09. The number of hydrogen-bond donors (Lipinski definition) is 2. The van der Waals surface area contributed by atoms with Crippen LogP contribution >= 0.6 is 11.8 Å². The first kappa shape index (κ1) is 13.7. The average Bonchev–Trinajstić information content (AvgIpc) is 2.33. The Morgan fingerprint density at radius 3 is 2.61 bits per heavy atom. The molecule has 2 amide bonds. The van der Waals surface area contributed by atoms with Gasteiger partial charge in [0, 0.05) is 24.9 Å². The molecular weight excluding hydrogens is 250 g/mol. The summed E-state index contributed by atoms with van der Waals surface area (Å²) in [5, 5.41) is 2.83. The van der Waals surface area contributed by atoms with E-state index in [0.29, 0.717) is 18.8 Å². The Morgan fingerprint density at radius 1 is 1.44 bits per heavy atom. The summed E-state index contributed by atoms with van der Waals surface area (Å²) >= 11 is 1.55. The number of hydrogen-bond acceptors (Lipinski definition) is 4. The number of nitrogens with one attached hydrogen (secondary N) is 1. The molecule has 2 rings (SSSR count). The molecule has 5 nitrogen and oxygen atoms in total. The molecule has 102 valence electrons. The number of piperidine rings is 1. The van der Waals surface area contributed by atoms with Gasteiger partial charge in [-0.15, -0.1) is 11.8 Å². The number of carbonyl (C=O) groups excluding carboxylic acids is 2. The predicted molar refractivity (Wildman–Crippen MR) is 72.3 cm³/mol. The van der Waals surface area contributed by atoms with Crippen LogP contribution in [0.4, 0.5) is 0 Å². The molecule has 2 aliphatic heterocycles. The molecule has 18 heavy (non-hydrogen) atoms. The zero-order chi connectivity index (χ0) is 13.3. The number of nitrogens with two attached hydrogens (primary N) is 1. The van der Waals surface area contributed by atoms with Crippen molar-refractivity contribution >= 4 is 23.6 Å². The Morgan fingerprint density at radius 2 is 2.06 bits per heavy atom. The van der Waals surface area contributed by atoms with Crippen LogP contribution in [-0.4, -0.2) is 52.4 Å². The maximum atomic E-state index is 12.3. The third kappa shape index (κ3) is 2.80. The molecule has 0 saturated carbocycles. The summed E-state index contributed by atoms with van der Waals surface area (Å²) in [6, 6.07) is -0.159. The molecule has 0 aromatic carbocycles. The number of carbonyl (C=O) groups is 2. The number of thioether (sulfide) groups is 1. The lowest BCUT2D eigenvalue weighted by Crippen LogP contribution is -2.59. The van der Waals surface area contributed by atoms with E-state index in [2.05, 4.69) is 5.32 Å². The van der Waals surface area contributed by atoms with Gasteiger partial charge in [-0.2, -0.15) is 0 Å². The molecule has 0 aromatic heterocycles. The molecule has 2 heterocycles. The Balaban J connectivity index is 1.93. The summed E-state index contributed by atoms with van der Waals surface area (Å²) in [6.45, 7) is 5.18.